The van der Waals surface area contributed by atoms with Crippen molar-refractivity contribution in [2.75, 3.05) is 12.4 Å². The van der Waals surface area contributed by atoms with E-state index >= 15 is 0 Å². The lowest BCUT2D eigenvalue weighted by Crippen LogP contribution is -2.17. The van der Waals surface area contributed by atoms with Gasteiger partial charge in [-0.05, 0) is 48.4 Å². The molecule has 0 aliphatic heterocycles. The summed E-state index contributed by atoms with van der Waals surface area (Å²) in [6.45, 7) is 2.02. The number of nitrogens with one attached hydrogen (secondary N) is 1. The van der Waals surface area contributed by atoms with E-state index in [0.29, 0.717) is 5.69 Å². The molecule has 5 nitrogen and oxygen atoms in total. The van der Waals surface area contributed by atoms with Crippen LogP contribution in [0.2, 0.25) is 0 Å². The van der Waals surface area contributed by atoms with E-state index in [2.05, 4.69) is 10.1 Å². The van der Waals surface area contributed by atoms with Crippen molar-refractivity contribution >= 4 is 21.5 Å². The Morgan fingerprint density at radius 2 is 1.72 bits per heavy atom. The molecular weight excluding hydrogens is 345 g/mol. The van der Waals surface area contributed by atoms with Gasteiger partial charge in [-0.3, -0.25) is 0 Å². The molecule has 0 saturated carbocycles. The lowest BCUT2D eigenvalue weighted by atomic mass is 10.1. The number of aryl methyl sites for hydroxylation is 1. The second kappa shape index (κ2) is 7.94. The third-order valence-corrected chi connectivity index (χ3v) is 5.29. The molecule has 1 N–H and O–H groups in total. The van der Waals surface area contributed by atoms with Gasteiger partial charge in [0.15, 0.2) is 4.91 Å². The Morgan fingerprint density at radius 3 is 2.24 bits per heavy atom. The fourth-order valence-electron chi connectivity index (χ4n) is 2.07. The van der Waals surface area contributed by atoms with Gasteiger partial charge in [-0.1, -0.05) is 19.1 Å². The zero-order chi connectivity index (χ0) is 18.4. The first-order valence-electron chi connectivity index (χ1n) is 7.53. The van der Waals surface area contributed by atoms with Crippen LogP contribution < -0.4 is 5.32 Å². The molecule has 0 bridgehead atoms. The number of ether oxygens (including phenoxy) is 1. The lowest BCUT2D eigenvalue weighted by molar-refractivity contribution is -0.135. The van der Waals surface area contributed by atoms with Crippen molar-refractivity contribution in [3.8, 4) is 0 Å². The molecule has 0 aromatic heterocycles. The third-order valence-electron chi connectivity index (χ3n) is 3.53. The molecular formula is C18H18FNO4S. The van der Waals surface area contributed by atoms with E-state index in [4.69, 9.17) is 0 Å². The smallest absolute Gasteiger partial charge is 0.351 e. The van der Waals surface area contributed by atoms with E-state index in [-0.39, 0.29) is 4.90 Å². The summed E-state index contributed by atoms with van der Waals surface area (Å²) in [4.78, 5) is 11.2. The molecule has 7 heteroatoms. The van der Waals surface area contributed by atoms with Gasteiger partial charge in [0.1, 0.15) is 5.82 Å². The monoisotopic (exact) mass is 363 g/mol. The third kappa shape index (κ3) is 4.45. The van der Waals surface area contributed by atoms with E-state index in [9.17, 15) is 17.6 Å². The van der Waals surface area contributed by atoms with E-state index in [1.54, 1.807) is 12.1 Å². The van der Waals surface area contributed by atoms with Crippen LogP contribution in [-0.2, 0) is 25.8 Å². The van der Waals surface area contributed by atoms with Crippen LogP contribution in [0, 0.1) is 5.82 Å². The fourth-order valence-corrected chi connectivity index (χ4v) is 3.34. The average molecular weight is 363 g/mol. The minimum Gasteiger partial charge on any atom is -0.465 e. The second-order valence-electron chi connectivity index (χ2n) is 5.15. The van der Waals surface area contributed by atoms with Crippen LogP contribution >= 0.6 is 0 Å². The number of benzene rings is 2. The molecule has 0 fully saturated rings. The second-order valence-corrected chi connectivity index (χ2v) is 7.07. The van der Waals surface area contributed by atoms with Crippen molar-refractivity contribution in [1.82, 2.24) is 0 Å². The number of carbonyl (C=O) groups excluding carboxylic acids is 1. The first-order chi connectivity index (χ1) is 11.9. The maximum Gasteiger partial charge on any atom is 0.351 e. The molecule has 0 atom stereocenters. The number of anilines is 1. The first-order valence-corrected chi connectivity index (χ1v) is 9.01. The van der Waals surface area contributed by atoms with E-state index in [0.717, 1.165) is 49.6 Å². The highest BCUT2D eigenvalue weighted by Crippen LogP contribution is 2.21. The minimum absolute atomic E-state index is 0.200. The number of esters is 1. The molecule has 25 heavy (non-hydrogen) atoms. The molecule has 2 rings (SSSR count). The van der Waals surface area contributed by atoms with E-state index in [1.165, 1.54) is 0 Å². The van der Waals surface area contributed by atoms with Crippen molar-refractivity contribution in [2.24, 2.45) is 0 Å². The SMILES string of the molecule is CCc1ccc(NC=C(C(=O)OC)S(=O)(=O)c2ccc(F)cc2)cc1. The van der Waals surface area contributed by atoms with E-state index < -0.39 is 26.5 Å². The Bertz CT molecular complexity index is 872. The fraction of sp³-hybridized carbons (Fsp3) is 0.167. The van der Waals surface area contributed by atoms with Crippen molar-refractivity contribution in [3.05, 3.63) is 71.0 Å². The highest BCUT2D eigenvalue weighted by molar-refractivity contribution is 7.96. The summed E-state index contributed by atoms with van der Waals surface area (Å²) >= 11 is 0. The summed E-state index contributed by atoms with van der Waals surface area (Å²) in [5.41, 5.74) is 1.74. The molecule has 0 aliphatic carbocycles. The van der Waals surface area contributed by atoms with Crippen LogP contribution in [0.5, 0.6) is 0 Å². The van der Waals surface area contributed by atoms with Crippen molar-refractivity contribution in [2.45, 2.75) is 18.2 Å². The zero-order valence-corrected chi connectivity index (χ0v) is 14.6. The summed E-state index contributed by atoms with van der Waals surface area (Å²) < 4.78 is 42.9. The van der Waals surface area contributed by atoms with Gasteiger partial charge in [-0.2, -0.15) is 0 Å². The molecule has 0 amide bonds. The number of halogens is 1. The number of hydrogen-bond acceptors (Lipinski definition) is 5. The lowest BCUT2D eigenvalue weighted by Gasteiger charge is -2.09. The van der Waals surface area contributed by atoms with Crippen LogP contribution in [-0.4, -0.2) is 21.5 Å². The summed E-state index contributed by atoms with van der Waals surface area (Å²) in [5.74, 6) is -1.58. The van der Waals surface area contributed by atoms with Crippen molar-refractivity contribution in [1.29, 1.82) is 0 Å². The summed E-state index contributed by atoms with van der Waals surface area (Å²) in [6.07, 6.45) is 1.95. The van der Waals surface area contributed by atoms with E-state index in [1.807, 2.05) is 19.1 Å². The number of sulfone groups is 1. The minimum atomic E-state index is -4.15. The Balaban J connectivity index is 2.37. The van der Waals surface area contributed by atoms with Gasteiger partial charge in [0.25, 0.3) is 0 Å². The first kappa shape index (κ1) is 18.7. The predicted octanol–water partition coefficient (Wildman–Crippen LogP) is 3.29. The highest BCUT2D eigenvalue weighted by Gasteiger charge is 2.28. The van der Waals surface area contributed by atoms with Gasteiger partial charge in [0.05, 0.1) is 12.0 Å². The largest absolute Gasteiger partial charge is 0.465 e. The Labute approximate surface area is 146 Å². The van der Waals surface area contributed by atoms with Crippen LogP contribution in [0.3, 0.4) is 0 Å². The Morgan fingerprint density at radius 1 is 1.12 bits per heavy atom. The molecule has 0 heterocycles. The maximum atomic E-state index is 13.0. The molecule has 0 unspecified atom stereocenters. The molecule has 132 valence electrons. The zero-order valence-electron chi connectivity index (χ0n) is 13.8. The number of rotatable bonds is 6. The topological polar surface area (TPSA) is 72.5 Å². The number of hydrogen-bond donors (Lipinski definition) is 1. The summed E-state index contributed by atoms with van der Waals surface area (Å²) in [7, 11) is -3.07. The average Bonchev–Trinajstić information content (AvgIpc) is 2.62. The molecule has 0 radical (unpaired) electrons. The maximum absolute atomic E-state index is 13.0. The number of carbonyl (C=O) groups is 1. The van der Waals surface area contributed by atoms with Gasteiger partial charge >= 0.3 is 5.97 Å². The van der Waals surface area contributed by atoms with Gasteiger partial charge < -0.3 is 10.1 Å². The molecule has 0 saturated heterocycles. The molecule has 0 aliphatic rings. The van der Waals surface area contributed by atoms with Gasteiger partial charge in [0.2, 0.25) is 9.84 Å². The van der Waals surface area contributed by atoms with Crippen LogP contribution in [0.25, 0.3) is 0 Å². The molecule has 2 aromatic carbocycles. The standard InChI is InChI=1S/C18H18FNO4S/c1-3-13-4-8-15(9-5-13)20-12-17(18(21)24-2)25(22,23)16-10-6-14(19)7-11-16/h4-12,20H,3H2,1-2H3. The van der Waals surface area contributed by atoms with Crippen LogP contribution in [0.4, 0.5) is 10.1 Å². The van der Waals surface area contributed by atoms with Gasteiger partial charge in [-0.25, -0.2) is 17.6 Å². The Kier molecular flexibility index (Phi) is 5.93. The van der Waals surface area contributed by atoms with Crippen molar-refractivity contribution in [3.63, 3.8) is 0 Å². The van der Waals surface area contributed by atoms with Gasteiger partial charge in [-0.15, -0.1) is 0 Å². The summed E-state index contributed by atoms with van der Waals surface area (Å²) in [6, 6.07) is 11.5. The highest BCUT2D eigenvalue weighted by atomic mass is 32.2. The molecule has 2 aromatic rings. The number of methoxy groups -OCH3 is 1. The quantitative estimate of drug-likeness (QED) is 0.484. The Hall–Kier alpha value is -2.67. The van der Waals surface area contributed by atoms with Crippen LogP contribution in [0.15, 0.2) is 64.5 Å². The predicted molar refractivity (Wildman–Crippen MR) is 93.1 cm³/mol. The normalized spacial score (nSPS) is 11.9. The van der Waals surface area contributed by atoms with Gasteiger partial charge in [0, 0.05) is 11.9 Å². The summed E-state index contributed by atoms with van der Waals surface area (Å²) in [5, 5.41) is 2.78. The molecule has 0 spiro atoms. The van der Waals surface area contributed by atoms with Crippen molar-refractivity contribution < 1.29 is 22.3 Å². The van der Waals surface area contributed by atoms with Crippen LogP contribution in [0.1, 0.15) is 12.5 Å².